The maximum Gasteiger partial charge on any atom is 0.0625 e. The molecular formula is C18H23N3. The SMILES string of the molecule is CN(C)C1=CC=C(/C=N/N2CCCc3ccccc32)CC1. The Morgan fingerprint density at radius 3 is 2.71 bits per heavy atom. The third-order valence-corrected chi connectivity index (χ3v) is 4.18. The van der Waals surface area contributed by atoms with Gasteiger partial charge in [-0.2, -0.15) is 5.10 Å². The number of rotatable bonds is 3. The number of allylic oxidation sites excluding steroid dienone is 4. The van der Waals surface area contributed by atoms with Crippen LogP contribution < -0.4 is 5.01 Å². The van der Waals surface area contributed by atoms with Gasteiger partial charge < -0.3 is 4.90 Å². The summed E-state index contributed by atoms with van der Waals surface area (Å²) in [7, 11) is 4.20. The minimum Gasteiger partial charge on any atom is -0.381 e. The zero-order valence-electron chi connectivity index (χ0n) is 12.9. The molecule has 110 valence electrons. The first-order chi connectivity index (χ1) is 10.2. The fraction of sp³-hybridized carbons (Fsp3) is 0.389. The summed E-state index contributed by atoms with van der Waals surface area (Å²) in [6.07, 6.45) is 10.9. The number of fused-ring (bicyclic) bond motifs is 1. The van der Waals surface area contributed by atoms with Gasteiger partial charge in [-0.25, -0.2) is 0 Å². The monoisotopic (exact) mass is 281 g/mol. The summed E-state index contributed by atoms with van der Waals surface area (Å²) >= 11 is 0. The van der Waals surface area contributed by atoms with E-state index in [1.807, 2.05) is 6.21 Å². The Morgan fingerprint density at radius 1 is 1.10 bits per heavy atom. The van der Waals surface area contributed by atoms with Crippen molar-refractivity contribution < 1.29 is 0 Å². The highest BCUT2D eigenvalue weighted by atomic mass is 15.5. The molecule has 3 heteroatoms. The largest absolute Gasteiger partial charge is 0.381 e. The number of hydrogen-bond donors (Lipinski definition) is 0. The molecule has 0 aromatic heterocycles. The first kappa shape index (κ1) is 13.9. The second kappa shape index (κ2) is 6.17. The van der Waals surface area contributed by atoms with Crippen LogP contribution in [0.3, 0.4) is 0 Å². The molecule has 0 saturated carbocycles. The highest BCUT2D eigenvalue weighted by Crippen LogP contribution is 2.27. The standard InChI is InChI=1S/C18H23N3/c1-20(2)17-11-9-15(10-12-17)14-19-21-13-5-7-16-6-3-4-8-18(16)21/h3-4,6,8-9,11,14H,5,7,10,12-13H2,1-2H3/b19-14+. The quantitative estimate of drug-likeness (QED) is 0.788. The van der Waals surface area contributed by atoms with Crippen LogP contribution >= 0.6 is 0 Å². The molecule has 0 fully saturated rings. The molecule has 21 heavy (non-hydrogen) atoms. The Hall–Kier alpha value is -2.03. The molecule has 2 aliphatic rings. The maximum atomic E-state index is 4.72. The second-order valence-electron chi connectivity index (χ2n) is 5.89. The number of aryl methyl sites for hydroxylation is 1. The van der Waals surface area contributed by atoms with E-state index >= 15 is 0 Å². The van der Waals surface area contributed by atoms with Crippen LogP contribution in [0.4, 0.5) is 5.69 Å². The summed E-state index contributed by atoms with van der Waals surface area (Å²) in [6.45, 7) is 1.01. The zero-order chi connectivity index (χ0) is 14.7. The van der Waals surface area contributed by atoms with Crippen molar-refractivity contribution in [2.24, 2.45) is 5.10 Å². The van der Waals surface area contributed by atoms with Gasteiger partial charge in [0.25, 0.3) is 0 Å². The molecule has 0 amide bonds. The lowest BCUT2D eigenvalue weighted by Gasteiger charge is -2.27. The normalized spacial score (nSPS) is 18.3. The van der Waals surface area contributed by atoms with Gasteiger partial charge in [-0.15, -0.1) is 0 Å². The molecule has 0 bridgehead atoms. The lowest BCUT2D eigenvalue weighted by molar-refractivity contribution is 0.485. The Bertz CT molecular complexity index is 596. The van der Waals surface area contributed by atoms with Crippen molar-refractivity contribution in [2.45, 2.75) is 25.7 Å². The van der Waals surface area contributed by atoms with Gasteiger partial charge in [0.15, 0.2) is 0 Å². The molecule has 1 aromatic carbocycles. The van der Waals surface area contributed by atoms with E-state index in [-0.39, 0.29) is 0 Å². The summed E-state index contributed by atoms with van der Waals surface area (Å²) in [5.74, 6) is 0. The number of hydrazone groups is 1. The maximum absolute atomic E-state index is 4.72. The van der Waals surface area contributed by atoms with Crippen LogP contribution in [0, 0.1) is 0 Å². The van der Waals surface area contributed by atoms with Crippen LogP contribution in [0.1, 0.15) is 24.8 Å². The van der Waals surface area contributed by atoms with E-state index in [1.165, 1.54) is 35.4 Å². The predicted molar refractivity (Wildman–Crippen MR) is 89.7 cm³/mol. The molecule has 1 aliphatic heterocycles. The summed E-state index contributed by atoms with van der Waals surface area (Å²) < 4.78 is 0. The topological polar surface area (TPSA) is 18.8 Å². The summed E-state index contributed by atoms with van der Waals surface area (Å²) in [5, 5.41) is 6.86. The van der Waals surface area contributed by atoms with Crippen LogP contribution in [0.25, 0.3) is 0 Å². The van der Waals surface area contributed by atoms with E-state index in [0.717, 1.165) is 19.4 Å². The summed E-state index contributed by atoms with van der Waals surface area (Å²) in [6, 6.07) is 8.59. The van der Waals surface area contributed by atoms with Crippen molar-refractivity contribution in [3.05, 3.63) is 53.3 Å². The van der Waals surface area contributed by atoms with Crippen LogP contribution in [0.15, 0.2) is 52.8 Å². The van der Waals surface area contributed by atoms with Gasteiger partial charge in [0.05, 0.1) is 11.9 Å². The average Bonchev–Trinajstić information content (AvgIpc) is 2.53. The van der Waals surface area contributed by atoms with Gasteiger partial charge in [-0.05, 0) is 49.0 Å². The Balaban J connectivity index is 1.73. The minimum atomic E-state index is 1.01. The van der Waals surface area contributed by atoms with Crippen molar-refractivity contribution in [1.29, 1.82) is 0 Å². The summed E-state index contributed by atoms with van der Waals surface area (Å²) in [5.41, 5.74) is 5.37. The molecule has 1 heterocycles. The Labute approximate surface area is 127 Å². The van der Waals surface area contributed by atoms with Crippen molar-refractivity contribution >= 4 is 11.9 Å². The van der Waals surface area contributed by atoms with E-state index in [1.54, 1.807) is 0 Å². The molecular weight excluding hydrogens is 258 g/mol. The fourth-order valence-electron chi connectivity index (χ4n) is 2.90. The van der Waals surface area contributed by atoms with Crippen molar-refractivity contribution in [3.8, 4) is 0 Å². The second-order valence-corrected chi connectivity index (χ2v) is 5.89. The molecule has 0 atom stereocenters. The van der Waals surface area contributed by atoms with Crippen LogP contribution in [-0.4, -0.2) is 31.8 Å². The van der Waals surface area contributed by atoms with Gasteiger partial charge in [0, 0.05) is 26.3 Å². The molecule has 0 radical (unpaired) electrons. The molecule has 3 nitrogen and oxygen atoms in total. The molecule has 0 saturated heterocycles. The third-order valence-electron chi connectivity index (χ3n) is 4.18. The van der Waals surface area contributed by atoms with E-state index in [4.69, 9.17) is 5.10 Å². The zero-order valence-corrected chi connectivity index (χ0v) is 12.9. The van der Waals surface area contributed by atoms with Gasteiger partial charge >= 0.3 is 0 Å². The van der Waals surface area contributed by atoms with E-state index in [2.05, 4.69) is 60.4 Å². The van der Waals surface area contributed by atoms with Crippen LogP contribution in [0.5, 0.6) is 0 Å². The van der Waals surface area contributed by atoms with Gasteiger partial charge in [0.2, 0.25) is 0 Å². The molecule has 0 spiro atoms. The lowest BCUT2D eigenvalue weighted by atomic mass is 10.0. The molecule has 0 N–H and O–H groups in total. The average molecular weight is 281 g/mol. The first-order valence-electron chi connectivity index (χ1n) is 7.70. The fourth-order valence-corrected chi connectivity index (χ4v) is 2.90. The highest BCUT2D eigenvalue weighted by Gasteiger charge is 2.15. The smallest absolute Gasteiger partial charge is 0.0625 e. The summed E-state index contributed by atoms with van der Waals surface area (Å²) in [4.78, 5) is 2.19. The van der Waals surface area contributed by atoms with E-state index in [0.29, 0.717) is 0 Å². The van der Waals surface area contributed by atoms with Gasteiger partial charge in [-0.3, -0.25) is 5.01 Å². The number of benzene rings is 1. The van der Waals surface area contributed by atoms with Crippen LogP contribution in [-0.2, 0) is 6.42 Å². The number of nitrogens with zero attached hydrogens (tertiary/aromatic N) is 3. The third kappa shape index (κ3) is 3.18. The Kier molecular flexibility index (Phi) is 4.09. The van der Waals surface area contributed by atoms with Gasteiger partial charge in [-0.1, -0.05) is 24.3 Å². The van der Waals surface area contributed by atoms with Crippen molar-refractivity contribution in [2.75, 3.05) is 25.6 Å². The lowest BCUT2D eigenvalue weighted by Crippen LogP contribution is -2.24. The van der Waals surface area contributed by atoms with E-state index in [9.17, 15) is 0 Å². The predicted octanol–water partition coefficient (Wildman–Crippen LogP) is 3.59. The molecule has 0 unspecified atom stereocenters. The highest BCUT2D eigenvalue weighted by molar-refractivity contribution is 5.80. The molecule has 3 rings (SSSR count). The number of anilines is 1. The van der Waals surface area contributed by atoms with Crippen molar-refractivity contribution in [3.63, 3.8) is 0 Å². The van der Waals surface area contributed by atoms with E-state index < -0.39 is 0 Å². The van der Waals surface area contributed by atoms with Gasteiger partial charge in [0.1, 0.15) is 0 Å². The Morgan fingerprint density at radius 2 is 1.95 bits per heavy atom. The first-order valence-corrected chi connectivity index (χ1v) is 7.70. The number of hydrogen-bond acceptors (Lipinski definition) is 3. The number of para-hydroxylation sites is 1. The molecule has 1 aliphatic carbocycles. The van der Waals surface area contributed by atoms with Crippen molar-refractivity contribution in [1.82, 2.24) is 4.90 Å². The molecule has 1 aromatic rings. The minimum absolute atomic E-state index is 1.01. The van der Waals surface area contributed by atoms with Crippen LogP contribution in [0.2, 0.25) is 0 Å².